The number of rotatable bonds is 1. The number of benzene rings is 2. The van der Waals surface area contributed by atoms with Crippen molar-refractivity contribution >= 4 is 21.9 Å². The van der Waals surface area contributed by atoms with Gasteiger partial charge < -0.3 is 24.5 Å². The van der Waals surface area contributed by atoms with Crippen molar-refractivity contribution < 1.29 is 24.5 Å². The number of phenolic OH excluding ortho intramolecular Hbond substituents is 3. The first-order valence-corrected chi connectivity index (χ1v) is 5.71. The van der Waals surface area contributed by atoms with Crippen LogP contribution in [0.4, 0.5) is 0 Å². The highest BCUT2D eigenvalue weighted by molar-refractivity contribution is 5.97. The molecule has 3 N–H and O–H groups in total. The molecule has 0 saturated carbocycles. The van der Waals surface area contributed by atoms with E-state index in [0.717, 1.165) is 6.07 Å². The van der Waals surface area contributed by atoms with E-state index in [9.17, 15) is 20.1 Å². The van der Waals surface area contributed by atoms with Crippen LogP contribution >= 0.6 is 0 Å². The Morgan fingerprint density at radius 1 is 1.05 bits per heavy atom. The van der Waals surface area contributed by atoms with Gasteiger partial charge in [0.05, 0.1) is 7.11 Å². The van der Waals surface area contributed by atoms with Crippen molar-refractivity contribution in [1.29, 1.82) is 0 Å². The standard InChI is InChI=1S/C14H10O6/c1-19-9-3-2-8-12(13(9)17)14(18)11-7(16)4-6(15)5-10(11)20-8/h2-5,15-17H,1H3. The minimum absolute atomic E-state index is 0.0320. The molecule has 20 heavy (non-hydrogen) atoms. The molecule has 102 valence electrons. The second-order valence-corrected chi connectivity index (χ2v) is 4.26. The normalized spacial score (nSPS) is 11.1. The largest absolute Gasteiger partial charge is 0.508 e. The summed E-state index contributed by atoms with van der Waals surface area (Å²) in [5.74, 6) is -0.872. The lowest BCUT2D eigenvalue weighted by Gasteiger charge is -2.08. The van der Waals surface area contributed by atoms with Crippen molar-refractivity contribution in [3.8, 4) is 23.0 Å². The van der Waals surface area contributed by atoms with Gasteiger partial charge >= 0.3 is 0 Å². The molecule has 3 rings (SSSR count). The molecule has 0 atom stereocenters. The Labute approximate surface area is 112 Å². The van der Waals surface area contributed by atoms with Crippen molar-refractivity contribution in [2.45, 2.75) is 0 Å². The maximum atomic E-state index is 12.4. The van der Waals surface area contributed by atoms with Gasteiger partial charge in [0.2, 0.25) is 5.43 Å². The number of hydrogen-bond acceptors (Lipinski definition) is 6. The third kappa shape index (κ3) is 1.55. The zero-order valence-corrected chi connectivity index (χ0v) is 10.4. The predicted molar refractivity (Wildman–Crippen MR) is 71.5 cm³/mol. The summed E-state index contributed by atoms with van der Waals surface area (Å²) in [6.45, 7) is 0. The van der Waals surface area contributed by atoms with Crippen LogP contribution in [0.1, 0.15) is 0 Å². The van der Waals surface area contributed by atoms with Crippen molar-refractivity contribution in [3.05, 3.63) is 34.5 Å². The Bertz CT molecular complexity index is 894. The van der Waals surface area contributed by atoms with E-state index in [4.69, 9.17) is 9.15 Å². The zero-order valence-electron chi connectivity index (χ0n) is 10.4. The van der Waals surface area contributed by atoms with E-state index in [1.807, 2.05) is 0 Å². The van der Waals surface area contributed by atoms with Crippen LogP contribution in [0.2, 0.25) is 0 Å². The van der Waals surface area contributed by atoms with Gasteiger partial charge in [-0.2, -0.15) is 0 Å². The van der Waals surface area contributed by atoms with Gasteiger partial charge in [-0.1, -0.05) is 0 Å². The highest BCUT2D eigenvalue weighted by Crippen LogP contribution is 2.36. The van der Waals surface area contributed by atoms with Crippen LogP contribution < -0.4 is 10.2 Å². The fourth-order valence-electron chi connectivity index (χ4n) is 2.16. The number of ether oxygens (including phenoxy) is 1. The molecule has 2 aromatic carbocycles. The van der Waals surface area contributed by atoms with Gasteiger partial charge in [-0.15, -0.1) is 0 Å². The van der Waals surface area contributed by atoms with Gasteiger partial charge in [0.25, 0.3) is 0 Å². The Balaban J connectivity index is 2.59. The van der Waals surface area contributed by atoms with Gasteiger partial charge in [-0.3, -0.25) is 4.79 Å². The van der Waals surface area contributed by atoms with E-state index in [2.05, 4.69) is 0 Å². The quantitative estimate of drug-likeness (QED) is 0.587. The van der Waals surface area contributed by atoms with E-state index in [1.165, 1.54) is 25.3 Å². The van der Waals surface area contributed by atoms with Crippen molar-refractivity contribution in [2.75, 3.05) is 7.11 Å². The van der Waals surface area contributed by atoms with Crippen molar-refractivity contribution in [1.82, 2.24) is 0 Å². The third-order valence-corrected chi connectivity index (χ3v) is 3.06. The lowest BCUT2D eigenvalue weighted by atomic mass is 10.1. The molecule has 0 radical (unpaired) electrons. The number of fused-ring (bicyclic) bond motifs is 2. The van der Waals surface area contributed by atoms with Crippen LogP contribution in [-0.4, -0.2) is 22.4 Å². The van der Waals surface area contributed by atoms with Crippen LogP contribution in [0.3, 0.4) is 0 Å². The monoisotopic (exact) mass is 274 g/mol. The van der Waals surface area contributed by atoms with Crippen molar-refractivity contribution in [3.63, 3.8) is 0 Å². The molecule has 0 amide bonds. The summed E-state index contributed by atoms with van der Waals surface area (Å²) in [5.41, 5.74) is -0.439. The highest BCUT2D eigenvalue weighted by Gasteiger charge is 2.17. The molecule has 0 saturated heterocycles. The lowest BCUT2D eigenvalue weighted by molar-refractivity contribution is 0.376. The van der Waals surface area contributed by atoms with Crippen LogP contribution in [0.25, 0.3) is 21.9 Å². The minimum Gasteiger partial charge on any atom is -0.508 e. The van der Waals surface area contributed by atoms with E-state index in [-0.39, 0.29) is 39.2 Å². The summed E-state index contributed by atoms with van der Waals surface area (Å²) in [6.07, 6.45) is 0. The average molecular weight is 274 g/mol. The molecule has 0 aliphatic heterocycles. The molecule has 0 bridgehead atoms. The van der Waals surface area contributed by atoms with E-state index >= 15 is 0 Å². The molecule has 0 spiro atoms. The summed E-state index contributed by atoms with van der Waals surface area (Å²) in [7, 11) is 1.36. The molecule has 0 unspecified atom stereocenters. The molecule has 1 heterocycles. The van der Waals surface area contributed by atoms with Gasteiger partial charge in [0, 0.05) is 12.1 Å². The Morgan fingerprint density at radius 3 is 2.50 bits per heavy atom. The van der Waals surface area contributed by atoms with E-state index in [0.29, 0.717) is 0 Å². The predicted octanol–water partition coefficient (Wildman–Crippen LogP) is 2.07. The first kappa shape index (κ1) is 12.2. The smallest absolute Gasteiger partial charge is 0.208 e. The van der Waals surface area contributed by atoms with Gasteiger partial charge in [0.1, 0.15) is 33.4 Å². The number of aromatic hydroxyl groups is 3. The maximum absolute atomic E-state index is 12.4. The molecular formula is C14H10O6. The first-order chi connectivity index (χ1) is 9.52. The average Bonchev–Trinajstić information content (AvgIpc) is 2.37. The summed E-state index contributed by atoms with van der Waals surface area (Å²) < 4.78 is 10.4. The first-order valence-electron chi connectivity index (χ1n) is 5.71. The van der Waals surface area contributed by atoms with E-state index < -0.39 is 11.2 Å². The fourth-order valence-corrected chi connectivity index (χ4v) is 2.16. The van der Waals surface area contributed by atoms with Crippen LogP contribution in [0.15, 0.2) is 33.5 Å². The van der Waals surface area contributed by atoms with Gasteiger partial charge in [0.15, 0.2) is 11.5 Å². The molecule has 6 nitrogen and oxygen atoms in total. The molecular weight excluding hydrogens is 264 g/mol. The summed E-state index contributed by atoms with van der Waals surface area (Å²) >= 11 is 0. The van der Waals surface area contributed by atoms with Crippen LogP contribution in [0.5, 0.6) is 23.0 Å². The van der Waals surface area contributed by atoms with Crippen LogP contribution in [-0.2, 0) is 0 Å². The number of phenols is 3. The highest BCUT2D eigenvalue weighted by atomic mass is 16.5. The van der Waals surface area contributed by atoms with E-state index in [1.54, 1.807) is 0 Å². The molecule has 3 aromatic rings. The third-order valence-electron chi connectivity index (χ3n) is 3.06. The van der Waals surface area contributed by atoms with Gasteiger partial charge in [-0.05, 0) is 12.1 Å². The lowest BCUT2D eigenvalue weighted by Crippen LogP contribution is -2.03. The second kappa shape index (κ2) is 4.06. The molecule has 0 aliphatic carbocycles. The maximum Gasteiger partial charge on any atom is 0.208 e. The topological polar surface area (TPSA) is 100 Å². The number of methoxy groups -OCH3 is 1. The van der Waals surface area contributed by atoms with Crippen LogP contribution in [0, 0.1) is 0 Å². The summed E-state index contributed by atoms with van der Waals surface area (Å²) in [4.78, 5) is 12.4. The Kier molecular flexibility index (Phi) is 2.47. The second-order valence-electron chi connectivity index (χ2n) is 4.26. The molecule has 1 aromatic heterocycles. The zero-order chi connectivity index (χ0) is 14.4. The molecule has 0 aliphatic rings. The number of hydrogen-bond donors (Lipinski definition) is 3. The molecule has 0 fully saturated rings. The SMILES string of the molecule is COc1ccc2oc3cc(O)cc(O)c3c(=O)c2c1O. The molecule has 6 heteroatoms. The van der Waals surface area contributed by atoms with Crippen molar-refractivity contribution in [2.24, 2.45) is 0 Å². The summed E-state index contributed by atoms with van der Waals surface area (Å²) in [5, 5.41) is 29.0. The Morgan fingerprint density at radius 2 is 1.80 bits per heavy atom. The minimum atomic E-state index is -0.602. The van der Waals surface area contributed by atoms with Gasteiger partial charge in [-0.25, -0.2) is 0 Å². The fraction of sp³-hybridized carbons (Fsp3) is 0.0714. The summed E-state index contributed by atoms with van der Waals surface area (Å²) in [6, 6.07) is 5.17. The Hall–Kier alpha value is -2.89.